The van der Waals surface area contributed by atoms with Crippen LogP contribution in [0.3, 0.4) is 0 Å². The Bertz CT molecular complexity index is 383. The van der Waals surface area contributed by atoms with Gasteiger partial charge in [0, 0.05) is 13.1 Å². The average molecular weight is 236 g/mol. The summed E-state index contributed by atoms with van der Waals surface area (Å²) in [5.41, 5.74) is 8.02. The zero-order valence-corrected chi connectivity index (χ0v) is 11.2. The van der Waals surface area contributed by atoms with E-state index in [1.54, 1.807) is 0 Å². The normalized spacial score (nSPS) is 22.8. The van der Waals surface area contributed by atoms with Crippen LogP contribution in [0.15, 0.2) is 0 Å². The first-order valence-corrected chi connectivity index (χ1v) is 6.75. The van der Waals surface area contributed by atoms with Crippen LogP contribution in [0.1, 0.15) is 45.2 Å². The SMILES string of the molecule is CCCc1nn(C)c(NC2CC2CCC)c1N. The number of nitrogens with two attached hydrogens (primary N) is 1. The minimum Gasteiger partial charge on any atom is -0.394 e. The number of hydrogen-bond donors (Lipinski definition) is 2. The third-order valence-electron chi connectivity index (χ3n) is 3.55. The topological polar surface area (TPSA) is 55.9 Å². The Morgan fingerprint density at radius 3 is 2.82 bits per heavy atom. The lowest BCUT2D eigenvalue weighted by Gasteiger charge is -2.07. The van der Waals surface area contributed by atoms with E-state index in [2.05, 4.69) is 24.3 Å². The Kier molecular flexibility index (Phi) is 3.60. The zero-order valence-electron chi connectivity index (χ0n) is 11.2. The fourth-order valence-corrected chi connectivity index (χ4v) is 2.48. The van der Waals surface area contributed by atoms with Crippen LogP contribution in [0.2, 0.25) is 0 Å². The second kappa shape index (κ2) is 4.98. The van der Waals surface area contributed by atoms with Crippen LogP contribution in [0.5, 0.6) is 0 Å². The molecule has 1 heterocycles. The van der Waals surface area contributed by atoms with Gasteiger partial charge >= 0.3 is 0 Å². The van der Waals surface area contributed by atoms with Crippen LogP contribution in [0, 0.1) is 5.92 Å². The Morgan fingerprint density at radius 1 is 1.41 bits per heavy atom. The van der Waals surface area contributed by atoms with Crippen LogP contribution < -0.4 is 11.1 Å². The highest BCUT2D eigenvalue weighted by molar-refractivity contribution is 5.65. The van der Waals surface area contributed by atoms with Crippen LogP contribution in [-0.4, -0.2) is 15.8 Å². The first-order valence-electron chi connectivity index (χ1n) is 6.75. The van der Waals surface area contributed by atoms with Crippen molar-refractivity contribution in [2.45, 2.75) is 52.0 Å². The molecule has 96 valence electrons. The van der Waals surface area contributed by atoms with Gasteiger partial charge < -0.3 is 11.1 Å². The summed E-state index contributed by atoms with van der Waals surface area (Å²) in [4.78, 5) is 0. The standard InChI is InChI=1S/C13H24N4/c1-4-6-9-8-11(9)15-13-12(14)10(7-5-2)16-17(13)3/h9,11,15H,4-8,14H2,1-3H3. The summed E-state index contributed by atoms with van der Waals surface area (Å²) in [7, 11) is 1.97. The summed E-state index contributed by atoms with van der Waals surface area (Å²) < 4.78 is 1.89. The van der Waals surface area contributed by atoms with Crippen molar-refractivity contribution in [3.63, 3.8) is 0 Å². The summed E-state index contributed by atoms with van der Waals surface area (Å²) in [6, 6.07) is 0.613. The molecule has 4 nitrogen and oxygen atoms in total. The van der Waals surface area contributed by atoms with Gasteiger partial charge in [0.2, 0.25) is 0 Å². The number of hydrogen-bond acceptors (Lipinski definition) is 3. The van der Waals surface area contributed by atoms with Gasteiger partial charge in [-0.05, 0) is 25.2 Å². The molecule has 0 amide bonds. The van der Waals surface area contributed by atoms with Crippen molar-refractivity contribution in [2.75, 3.05) is 11.1 Å². The fourth-order valence-electron chi connectivity index (χ4n) is 2.48. The lowest BCUT2D eigenvalue weighted by Crippen LogP contribution is -2.10. The zero-order chi connectivity index (χ0) is 12.4. The van der Waals surface area contributed by atoms with Crippen molar-refractivity contribution in [3.05, 3.63) is 5.69 Å². The summed E-state index contributed by atoms with van der Waals surface area (Å²) in [6.07, 6.45) is 5.91. The molecule has 2 atom stereocenters. The number of nitrogens with one attached hydrogen (secondary N) is 1. The summed E-state index contributed by atoms with van der Waals surface area (Å²) in [5, 5.41) is 8.02. The molecule has 1 aliphatic rings. The molecule has 0 radical (unpaired) electrons. The lowest BCUT2D eigenvalue weighted by molar-refractivity contribution is 0.686. The van der Waals surface area contributed by atoms with Gasteiger partial charge in [-0.1, -0.05) is 26.7 Å². The van der Waals surface area contributed by atoms with Crippen molar-refractivity contribution in [1.29, 1.82) is 0 Å². The van der Waals surface area contributed by atoms with Crippen molar-refractivity contribution in [3.8, 4) is 0 Å². The molecule has 0 aliphatic heterocycles. The molecular weight excluding hydrogens is 212 g/mol. The molecule has 3 N–H and O–H groups in total. The number of aromatic nitrogens is 2. The van der Waals surface area contributed by atoms with Crippen molar-refractivity contribution < 1.29 is 0 Å². The smallest absolute Gasteiger partial charge is 0.148 e. The molecule has 2 rings (SSSR count). The van der Waals surface area contributed by atoms with Crippen LogP contribution in [0.4, 0.5) is 11.5 Å². The van der Waals surface area contributed by atoms with E-state index in [4.69, 9.17) is 5.73 Å². The highest BCUT2D eigenvalue weighted by Crippen LogP contribution is 2.38. The monoisotopic (exact) mass is 236 g/mol. The molecule has 1 aliphatic carbocycles. The van der Waals surface area contributed by atoms with Gasteiger partial charge in [-0.15, -0.1) is 0 Å². The number of rotatable bonds is 6. The lowest BCUT2D eigenvalue weighted by atomic mass is 10.2. The van der Waals surface area contributed by atoms with E-state index in [1.165, 1.54) is 19.3 Å². The van der Waals surface area contributed by atoms with Crippen molar-refractivity contribution in [2.24, 2.45) is 13.0 Å². The molecule has 0 spiro atoms. The highest BCUT2D eigenvalue weighted by Gasteiger charge is 2.37. The average Bonchev–Trinajstić information content (AvgIpc) is 2.97. The second-order valence-electron chi connectivity index (χ2n) is 5.12. The first-order chi connectivity index (χ1) is 8.17. The van der Waals surface area contributed by atoms with Gasteiger partial charge in [-0.3, -0.25) is 4.68 Å². The Labute approximate surface area is 104 Å². The molecule has 0 bridgehead atoms. The number of anilines is 2. The second-order valence-corrected chi connectivity index (χ2v) is 5.12. The molecular formula is C13H24N4. The largest absolute Gasteiger partial charge is 0.394 e. The van der Waals surface area contributed by atoms with E-state index in [1.807, 2.05) is 11.7 Å². The van der Waals surface area contributed by atoms with E-state index in [9.17, 15) is 0 Å². The number of nitrogen functional groups attached to an aromatic ring is 1. The molecule has 17 heavy (non-hydrogen) atoms. The maximum absolute atomic E-state index is 6.14. The van der Waals surface area contributed by atoms with E-state index < -0.39 is 0 Å². The predicted octanol–water partition coefficient (Wildman–Crippen LogP) is 2.56. The molecule has 0 aromatic carbocycles. The van der Waals surface area contributed by atoms with E-state index in [0.29, 0.717) is 6.04 Å². The maximum atomic E-state index is 6.14. The van der Waals surface area contributed by atoms with Crippen molar-refractivity contribution >= 4 is 11.5 Å². The van der Waals surface area contributed by atoms with Gasteiger partial charge in [0.1, 0.15) is 5.82 Å². The summed E-state index contributed by atoms with van der Waals surface area (Å²) in [5.74, 6) is 1.85. The van der Waals surface area contributed by atoms with E-state index >= 15 is 0 Å². The molecule has 1 aromatic rings. The van der Waals surface area contributed by atoms with Gasteiger partial charge in [-0.2, -0.15) is 5.10 Å². The molecule has 2 unspecified atom stereocenters. The molecule has 1 fully saturated rings. The van der Waals surface area contributed by atoms with Gasteiger partial charge in [-0.25, -0.2) is 0 Å². The molecule has 1 aromatic heterocycles. The minimum absolute atomic E-state index is 0.613. The predicted molar refractivity (Wildman–Crippen MR) is 72.0 cm³/mol. The number of aryl methyl sites for hydroxylation is 2. The van der Waals surface area contributed by atoms with Gasteiger partial charge in [0.25, 0.3) is 0 Å². The van der Waals surface area contributed by atoms with Crippen molar-refractivity contribution in [1.82, 2.24) is 9.78 Å². The Hall–Kier alpha value is -1.19. The van der Waals surface area contributed by atoms with Crippen LogP contribution in [0.25, 0.3) is 0 Å². The molecule has 0 saturated heterocycles. The minimum atomic E-state index is 0.613. The fraction of sp³-hybridized carbons (Fsp3) is 0.769. The van der Waals surface area contributed by atoms with Gasteiger partial charge in [0.05, 0.1) is 11.4 Å². The van der Waals surface area contributed by atoms with E-state index in [0.717, 1.165) is 36.0 Å². The third-order valence-corrected chi connectivity index (χ3v) is 3.55. The van der Waals surface area contributed by atoms with Gasteiger partial charge in [0.15, 0.2) is 0 Å². The summed E-state index contributed by atoms with van der Waals surface area (Å²) in [6.45, 7) is 4.40. The Balaban J connectivity index is 2.01. The highest BCUT2D eigenvalue weighted by atomic mass is 15.3. The maximum Gasteiger partial charge on any atom is 0.148 e. The van der Waals surface area contributed by atoms with Crippen LogP contribution in [-0.2, 0) is 13.5 Å². The third kappa shape index (κ3) is 2.56. The number of nitrogens with zero attached hydrogens (tertiary/aromatic N) is 2. The quantitative estimate of drug-likeness (QED) is 0.798. The molecule has 1 saturated carbocycles. The van der Waals surface area contributed by atoms with Crippen LogP contribution >= 0.6 is 0 Å². The van der Waals surface area contributed by atoms with E-state index in [-0.39, 0.29) is 0 Å². The molecule has 4 heteroatoms. The Morgan fingerprint density at radius 2 is 2.18 bits per heavy atom. The summed E-state index contributed by atoms with van der Waals surface area (Å²) >= 11 is 0. The first kappa shape index (κ1) is 12.3.